The normalized spacial score (nSPS) is 12.3. The molecule has 0 saturated carbocycles. The molecule has 6 heteroatoms. The number of phenols is 1. The Morgan fingerprint density at radius 1 is 0.694 bits per heavy atom. The second-order valence-electron chi connectivity index (χ2n) is 16.0. The number of hydrogen-bond acceptors (Lipinski definition) is 3. The molecule has 1 N–H and O–H groups in total. The van der Waals surface area contributed by atoms with Crippen molar-refractivity contribution in [3.63, 3.8) is 0 Å². The van der Waals surface area contributed by atoms with Crippen molar-refractivity contribution in [2.24, 2.45) is 0 Å². The topological polar surface area (TPSA) is 50.9 Å². The van der Waals surface area contributed by atoms with Gasteiger partial charge in [-0.1, -0.05) is 103 Å². The molecular weight excluding hydrogens is 789 g/mol. The average Bonchev–Trinajstić information content (AvgIpc) is 3.39. The molecule has 4 nitrogen and oxygen atoms in total. The van der Waals surface area contributed by atoms with Crippen molar-refractivity contribution >= 4 is 11.0 Å². The summed E-state index contributed by atoms with van der Waals surface area (Å²) in [5, 5.41) is 11.1. The van der Waals surface area contributed by atoms with E-state index in [4.69, 9.17) is 9.97 Å². The molecule has 0 unspecified atom stereocenters. The monoisotopic (exact) mass is 833 g/mol. The van der Waals surface area contributed by atoms with Crippen LogP contribution in [0.2, 0.25) is 0 Å². The smallest absolute Gasteiger partial charge is 0.148 e. The first-order chi connectivity index (χ1) is 22.4. The zero-order valence-corrected chi connectivity index (χ0v) is 32.3. The van der Waals surface area contributed by atoms with Crippen LogP contribution in [0.15, 0.2) is 85.1 Å². The quantitative estimate of drug-likeness (QED) is 0.180. The van der Waals surface area contributed by atoms with Gasteiger partial charge in [0.15, 0.2) is 0 Å². The van der Waals surface area contributed by atoms with Crippen LogP contribution in [-0.2, 0) is 37.3 Å². The average molecular weight is 834 g/mol. The summed E-state index contributed by atoms with van der Waals surface area (Å²) in [5.41, 5.74) is 11.0. The molecule has 0 radical (unpaired) electrons. The molecule has 4 aromatic carbocycles. The maximum atomic E-state index is 14.3. The number of phenolic OH excluding ortho intramolecular Hbond substituents is 1. The number of aromatic nitrogens is 3. The standard InChI is InChI=1S/C43H45FN3O.Pt/c1-26-16-17-45-36(18-26)28-19-27(20-29(21-28)41(2,3)4)34-12-11-13-37-39(34)46-40(35-15-14-32(44)25-38(35)48)47(37)33-23-30(42(5,6)7)22-31(24-33)43(8,9)10;/h11-18,20-25,48H,1-10H3;/q-1;. The molecule has 6 aromatic rings. The number of aryl methyl sites for hydroxylation is 1. The van der Waals surface area contributed by atoms with Crippen LogP contribution in [0.1, 0.15) is 84.6 Å². The van der Waals surface area contributed by atoms with Crippen molar-refractivity contribution < 1.29 is 30.6 Å². The van der Waals surface area contributed by atoms with Gasteiger partial charge in [-0.2, -0.15) is 0 Å². The van der Waals surface area contributed by atoms with Gasteiger partial charge in [0.1, 0.15) is 17.4 Å². The maximum absolute atomic E-state index is 14.3. The molecular formula is C43H45FN3OPt-. The number of nitrogens with zero attached hydrogens (tertiary/aromatic N) is 3. The number of para-hydroxylation sites is 1. The van der Waals surface area contributed by atoms with Gasteiger partial charge in [-0.3, -0.25) is 9.55 Å². The Hall–Kier alpha value is -4.08. The number of benzene rings is 4. The summed E-state index contributed by atoms with van der Waals surface area (Å²) < 4.78 is 16.4. The van der Waals surface area contributed by atoms with Crippen molar-refractivity contribution in [1.82, 2.24) is 14.5 Å². The van der Waals surface area contributed by atoms with Gasteiger partial charge in [-0.15, -0.1) is 29.3 Å². The largest absolute Gasteiger partial charge is 0.507 e. The Morgan fingerprint density at radius 3 is 1.90 bits per heavy atom. The molecule has 0 atom stereocenters. The maximum Gasteiger partial charge on any atom is 0.148 e. The minimum atomic E-state index is -0.504. The second-order valence-corrected chi connectivity index (χ2v) is 16.0. The van der Waals surface area contributed by atoms with Crippen LogP contribution in [-0.4, -0.2) is 19.6 Å². The molecule has 0 bridgehead atoms. The van der Waals surface area contributed by atoms with E-state index in [0.717, 1.165) is 56.3 Å². The van der Waals surface area contributed by atoms with E-state index < -0.39 is 5.82 Å². The first-order valence-corrected chi connectivity index (χ1v) is 16.6. The van der Waals surface area contributed by atoms with E-state index in [1.54, 1.807) is 6.07 Å². The van der Waals surface area contributed by atoms with Crippen LogP contribution in [0.3, 0.4) is 0 Å². The van der Waals surface area contributed by atoms with Gasteiger partial charge in [0.05, 0.1) is 16.6 Å². The van der Waals surface area contributed by atoms with Gasteiger partial charge in [0, 0.05) is 44.7 Å². The Kier molecular flexibility index (Phi) is 9.60. The number of halogens is 1. The summed E-state index contributed by atoms with van der Waals surface area (Å²) in [6.45, 7) is 22.0. The molecule has 2 aromatic heterocycles. The molecule has 6 rings (SSSR count). The van der Waals surface area contributed by atoms with E-state index in [0.29, 0.717) is 11.4 Å². The fraction of sp³-hybridized carbons (Fsp3) is 0.302. The molecule has 0 aliphatic heterocycles. The van der Waals surface area contributed by atoms with Crippen LogP contribution in [0.25, 0.3) is 50.5 Å². The summed E-state index contributed by atoms with van der Waals surface area (Å²) >= 11 is 0. The molecule has 49 heavy (non-hydrogen) atoms. The molecule has 0 fully saturated rings. The van der Waals surface area contributed by atoms with Crippen LogP contribution >= 0.6 is 0 Å². The molecule has 0 aliphatic rings. The third-order valence-corrected chi connectivity index (χ3v) is 9.01. The van der Waals surface area contributed by atoms with Gasteiger partial charge in [0.2, 0.25) is 0 Å². The van der Waals surface area contributed by atoms with Crippen LogP contribution < -0.4 is 0 Å². The molecule has 0 amide bonds. The van der Waals surface area contributed by atoms with Crippen molar-refractivity contribution in [3.8, 4) is 45.2 Å². The number of fused-ring (bicyclic) bond motifs is 1. The van der Waals surface area contributed by atoms with E-state index in [1.165, 1.54) is 17.2 Å². The van der Waals surface area contributed by atoms with E-state index in [-0.39, 0.29) is 43.1 Å². The fourth-order valence-corrected chi connectivity index (χ4v) is 6.03. The Labute approximate surface area is 304 Å². The summed E-state index contributed by atoms with van der Waals surface area (Å²) in [6.07, 6.45) is 1.84. The van der Waals surface area contributed by atoms with Crippen LogP contribution in [0.4, 0.5) is 4.39 Å². The number of imidazole rings is 1. The van der Waals surface area contributed by atoms with E-state index >= 15 is 0 Å². The van der Waals surface area contributed by atoms with Crippen molar-refractivity contribution in [3.05, 3.63) is 119 Å². The zero-order valence-electron chi connectivity index (χ0n) is 30.1. The third-order valence-electron chi connectivity index (χ3n) is 9.01. The fourth-order valence-electron chi connectivity index (χ4n) is 6.03. The zero-order chi connectivity index (χ0) is 34.8. The van der Waals surface area contributed by atoms with E-state index in [2.05, 4.69) is 128 Å². The molecule has 256 valence electrons. The summed E-state index contributed by atoms with van der Waals surface area (Å²) in [7, 11) is 0. The Balaban J connectivity index is 0.00000468. The summed E-state index contributed by atoms with van der Waals surface area (Å²) in [5.74, 6) is -0.131. The van der Waals surface area contributed by atoms with Crippen molar-refractivity contribution in [2.45, 2.75) is 85.5 Å². The van der Waals surface area contributed by atoms with Crippen molar-refractivity contribution in [2.75, 3.05) is 0 Å². The third kappa shape index (κ3) is 7.29. The van der Waals surface area contributed by atoms with Crippen LogP contribution in [0.5, 0.6) is 5.75 Å². The number of hydrogen-bond donors (Lipinski definition) is 1. The second kappa shape index (κ2) is 13.0. The van der Waals surface area contributed by atoms with Gasteiger partial charge in [0.25, 0.3) is 0 Å². The van der Waals surface area contributed by atoms with Crippen LogP contribution in [0, 0.1) is 18.8 Å². The van der Waals surface area contributed by atoms with Crippen molar-refractivity contribution in [1.29, 1.82) is 0 Å². The Bertz CT molecular complexity index is 2150. The number of aromatic hydroxyl groups is 1. The van der Waals surface area contributed by atoms with Gasteiger partial charge >= 0.3 is 0 Å². The molecule has 2 heterocycles. The predicted molar refractivity (Wildman–Crippen MR) is 196 cm³/mol. The van der Waals surface area contributed by atoms with E-state index in [1.807, 2.05) is 18.3 Å². The first kappa shape index (κ1) is 36.2. The SMILES string of the molecule is Cc1ccnc(-c2[c-]c(-c3cccc4c3nc(-c3ccc(F)cc3O)n4-c3cc(C(C)(C)C)cc(C(C)(C)C)c3)cc(C(C)(C)C)c2)c1.[Pt]. The molecule has 0 aliphatic carbocycles. The Morgan fingerprint density at radius 2 is 1.31 bits per heavy atom. The number of rotatable bonds is 4. The summed E-state index contributed by atoms with van der Waals surface area (Å²) in [6, 6.07) is 29.2. The minimum Gasteiger partial charge on any atom is -0.507 e. The number of pyridine rings is 1. The summed E-state index contributed by atoms with van der Waals surface area (Å²) in [4.78, 5) is 9.95. The predicted octanol–water partition coefficient (Wildman–Crippen LogP) is 11.3. The first-order valence-electron chi connectivity index (χ1n) is 16.6. The minimum absolute atomic E-state index is 0. The van der Waals surface area contributed by atoms with E-state index in [9.17, 15) is 9.50 Å². The van der Waals surface area contributed by atoms with Gasteiger partial charge in [-0.25, -0.2) is 9.37 Å². The van der Waals surface area contributed by atoms with Gasteiger partial charge in [-0.05, 0) is 70.7 Å². The molecule has 0 saturated heterocycles. The van der Waals surface area contributed by atoms with Gasteiger partial charge < -0.3 is 5.11 Å². The molecule has 0 spiro atoms.